The van der Waals surface area contributed by atoms with Crippen molar-refractivity contribution in [2.24, 2.45) is 0 Å². The number of benzene rings is 2. The van der Waals surface area contributed by atoms with Crippen LogP contribution in [-0.4, -0.2) is 115 Å². The van der Waals surface area contributed by atoms with Crippen LogP contribution in [0.1, 0.15) is 24.7 Å². The highest BCUT2D eigenvalue weighted by molar-refractivity contribution is 5.86. The first-order chi connectivity index (χ1) is 25.2. The summed E-state index contributed by atoms with van der Waals surface area (Å²) in [5.41, 5.74) is 2.73. The molecule has 3 aromatic heterocycles. The van der Waals surface area contributed by atoms with Crippen LogP contribution in [-0.2, 0) is 14.3 Å². The van der Waals surface area contributed by atoms with Gasteiger partial charge < -0.3 is 59.2 Å². The number of carbonyl (C=O) groups is 2. The van der Waals surface area contributed by atoms with Gasteiger partial charge in [0, 0.05) is 17.7 Å². The Bertz CT molecular complexity index is 2110. The quantitative estimate of drug-likeness (QED) is 0.114. The maximum atomic E-state index is 14.3. The molecule has 2 fully saturated rings. The highest BCUT2D eigenvalue weighted by Gasteiger charge is 2.45. The van der Waals surface area contributed by atoms with E-state index in [2.05, 4.69) is 30.0 Å². The molecular formula is C35H36N6O11. The number of amides is 2. The number of fused-ring (bicyclic) bond motifs is 1. The topological polar surface area (TPSA) is 246 Å². The first-order valence-electron chi connectivity index (χ1n) is 16.5. The van der Waals surface area contributed by atoms with Crippen molar-refractivity contribution in [3.8, 4) is 39.6 Å². The number of nitrogens with zero attached hydrogens (tertiary/aromatic N) is 3. The van der Waals surface area contributed by atoms with Gasteiger partial charge in [-0.25, -0.2) is 14.8 Å². The number of H-pyrrole nitrogens is 2. The molecule has 5 aromatic rings. The van der Waals surface area contributed by atoms with Gasteiger partial charge in [-0.05, 0) is 36.6 Å². The standard InChI is InChI=1S/C35H36N6O11/c1-49-35(48)38-14-26(43)41-10-2-3-23(41)33-37-13-22(40-33)19-8-9-24-20(11-19)27(44)32(52-34-30(47)29(46)28(45)25(15-42)51-34)31(50-24)18-6-4-17(5-7-18)21-12-36-16-39-21/h4-9,11-13,16,23,25,28-30,34,42,45-47H,2-3,10,14-15H2,1H3,(H,36,39)(H,37,40)(H,38,48)/t23-,25?,28?,29?,30?,34?/m0/s1. The van der Waals surface area contributed by atoms with E-state index < -0.39 is 48.8 Å². The van der Waals surface area contributed by atoms with Gasteiger partial charge in [-0.1, -0.05) is 24.3 Å². The van der Waals surface area contributed by atoms with Gasteiger partial charge in [0.25, 0.3) is 0 Å². The van der Waals surface area contributed by atoms with Crippen molar-refractivity contribution in [3.05, 3.63) is 77.2 Å². The Kier molecular flexibility index (Phi) is 9.76. The third kappa shape index (κ3) is 6.62. The number of likely N-dealkylation sites (tertiary alicyclic amines) is 1. The molecule has 2 aromatic carbocycles. The molecule has 7 N–H and O–H groups in total. The van der Waals surface area contributed by atoms with E-state index >= 15 is 0 Å². The second kappa shape index (κ2) is 14.6. The minimum atomic E-state index is -1.78. The second-order valence-corrected chi connectivity index (χ2v) is 12.4. The molecule has 0 saturated carbocycles. The Morgan fingerprint density at radius 1 is 1.02 bits per heavy atom. The van der Waals surface area contributed by atoms with Gasteiger partial charge in [0.05, 0.1) is 55.3 Å². The SMILES string of the molecule is COC(=O)NCC(=O)N1CCC[C@H]1c1ncc(-c2ccc3oc(-c4ccc(-c5cnc[nH]5)cc4)c(OC4OC(CO)C(O)C(O)C4O)c(=O)c3c2)[nH]1. The van der Waals surface area contributed by atoms with Crippen LogP contribution in [0.25, 0.3) is 44.8 Å². The summed E-state index contributed by atoms with van der Waals surface area (Å²) in [7, 11) is 1.22. The normalized spacial score (nSPS) is 23.1. The molecule has 2 saturated heterocycles. The molecule has 272 valence electrons. The smallest absolute Gasteiger partial charge is 0.407 e. The minimum Gasteiger partial charge on any atom is -0.454 e. The Morgan fingerprint density at radius 3 is 2.52 bits per heavy atom. The minimum absolute atomic E-state index is 0.00915. The molecular weight excluding hydrogens is 680 g/mol. The third-order valence-electron chi connectivity index (χ3n) is 9.25. The lowest BCUT2D eigenvalue weighted by Gasteiger charge is -2.39. The lowest BCUT2D eigenvalue weighted by molar-refractivity contribution is -0.277. The van der Waals surface area contributed by atoms with Gasteiger partial charge in [0.2, 0.25) is 23.4 Å². The van der Waals surface area contributed by atoms with Gasteiger partial charge in [0.1, 0.15) is 42.4 Å². The van der Waals surface area contributed by atoms with Crippen LogP contribution in [0.15, 0.2) is 70.4 Å². The van der Waals surface area contributed by atoms with Gasteiger partial charge >= 0.3 is 6.09 Å². The number of aliphatic hydroxyl groups is 4. The molecule has 0 spiro atoms. The number of rotatable bonds is 9. The molecule has 7 rings (SSSR count). The predicted octanol–water partition coefficient (Wildman–Crippen LogP) is 1.44. The van der Waals surface area contributed by atoms with Crippen molar-refractivity contribution in [3.63, 3.8) is 0 Å². The Morgan fingerprint density at radius 2 is 1.79 bits per heavy atom. The molecule has 52 heavy (non-hydrogen) atoms. The molecule has 5 unspecified atom stereocenters. The number of carbonyl (C=O) groups excluding carboxylic acids is 2. The van der Waals surface area contributed by atoms with Crippen molar-refractivity contribution in [2.45, 2.75) is 49.6 Å². The van der Waals surface area contributed by atoms with Crippen molar-refractivity contribution in [1.82, 2.24) is 30.2 Å². The molecule has 17 nitrogen and oxygen atoms in total. The fourth-order valence-electron chi connectivity index (χ4n) is 6.46. The summed E-state index contributed by atoms with van der Waals surface area (Å²) in [6, 6.07) is 11.6. The lowest BCUT2D eigenvalue weighted by atomic mass is 9.99. The van der Waals surface area contributed by atoms with E-state index in [1.807, 2.05) is 0 Å². The lowest BCUT2D eigenvalue weighted by Crippen LogP contribution is -2.60. The van der Waals surface area contributed by atoms with E-state index in [1.54, 1.807) is 66.1 Å². The van der Waals surface area contributed by atoms with E-state index in [4.69, 9.17) is 13.9 Å². The highest BCUT2D eigenvalue weighted by Crippen LogP contribution is 2.36. The maximum absolute atomic E-state index is 14.3. The van der Waals surface area contributed by atoms with Gasteiger partial charge in [-0.15, -0.1) is 0 Å². The van der Waals surface area contributed by atoms with Gasteiger partial charge in [-0.2, -0.15) is 0 Å². The molecule has 6 atom stereocenters. The molecule has 17 heteroatoms. The molecule has 0 radical (unpaired) electrons. The Hall–Kier alpha value is -5.59. The number of aromatic nitrogens is 4. The van der Waals surface area contributed by atoms with Crippen molar-refractivity contribution in [1.29, 1.82) is 0 Å². The van der Waals surface area contributed by atoms with Crippen LogP contribution in [0.3, 0.4) is 0 Å². The van der Waals surface area contributed by atoms with Crippen LogP contribution in [0.5, 0.6) is 5.75 Å². The second-order valence-electron chi connectivity index (χ2n) is 12.4. The van der Waals surface area contributed by atoms with Crippen LogP contribution in [0.4, 0.5) is 4.79 Å². The first-order valence-corrected chi connectivity index (χ1v) is 16.5. The molecule has 2 aliphatic heterocycles. The number of imidazole rings is 2. The largest absolute Gasteiger partial charge is 0.454 e. The first kappa shape index (κ1) is 34.8. The zero-order chi connectivity index (χ0) is 36.5. The maximum Gasteiger partial charge on any atom is 0.407 e. The van der Waals surface area contributed by atoms with E-state index in [0.717, 1.165) is 17.7 Å². The summed E-state index contributed by atoms with van der Waals surface area (Å²) in [6.45, 7) is -0.419. The molecule has 2 aliphatic rings. The summed E-state index contributed by atoms with van der Waals surface area (Å²) in [5, 5.41) is 43.7. The zero-order valence-electron chi connectivity index (χ0n) is 27.8. The molecule has 0 bridgehead atoms. The number of aliphatic hydroxyl groups excluding tert-OH is 4. The van der Waals surface area contributed by atoms with E-state index in [0.29, 0.717) is 35.6 Å². The summed E-state index contributed by atoms with van der Waals surface area (Å²) in [4.78, 5) is 55.1. The van der Waals surface area contributed by atoms with Crippen LogP contribution in [0, 0.1) is 0 Å². The summed E-state index contributed by atoms with van der Waals surface area (Å²) >= 11 is 0. The summed E-state index contributed by atoms with van der Waals surface area (Å²) in [6.07, 6.45) is -2.59. The molecule has 2 amide bonds. The molecule has 5 heterocycles. The Labute approximate surface area is 294 Å². The monoisotopic (exact) mass is 716 g/mol. The van der Waals surface area contributed by atoms with Crippen molar-refractivity contribution >= 4 is 23.0 Å². The molecule has 0 aliphatic carbocycles. The average molecular weight is 717 g/mol. The fourth-order valence-corrected chi connectivity index (χ4v) is 6.46. The van der Waals surface area contributed by atoms with Gasteiger partial charge in [-0.3, -0.25) is 9.59 Å². The van der Waals surface area contributed by atoms with Crippen LogP contribution < -0.4 is 15.5 Å². The zero-order valence-corrected chi connectivity index (χ0v) is 27.8. The Balaban J connectivity index is 1.24. The number of ether oxygens (including phenoxy) is 3. The number of alkyl carbamates (subject to hydrolysis) is 1. The fraction of sp³-hybridized carbons (Fsp3) is 0.343. The van der Waals surface area contributed by atoms with Crippen molar-refractivity contribution in [2.75, 3.05) is 26.8 Å². The highest BCUT2D eigenvalue weighted by atomic mass is 16.7. The van der Waals surface area contributed by atoms with E-state index in [9.17, 15) is 34.8 Å². The predicted molar refractivity (Wildman–Crippen MR) is 182 cm³/mol. The number of hydrogen-bond donors (Lipinski definition) is 7. The number of aromatic amines is 2. The van der Waals surface area contributed by atoms with Crippen LogP contribution in [0.2, 0.25) is 0 Å². The van der Waals surface area contributed by atoms with Crippen LogP contribution >= 0.6 is 0 Å². The third-order valence-corrected chi connectivity index (χ3v) is 9.25. The van der Waals surface area contributed by atoms with E-state index in [1.165, 1.54) is 7.11 Å². The number of hydrogen-bond acceptors (Lipinski definition) is 13. The van der Waals surface area contributed by atoms with Gasteiger partial charge in [0.15, 0.2) is 5.76 Å². The number of methoxy groups -OCH3 is 1. The summed E-state index contributed by atoms with van der Waals surface area (Å²) < 4.78 is 22.4. The van der Waals surface area contributed by atoms with Crippen molar-refractivity contribution < 1.29 is 48.6 Å². The summed E-state index contributed by atoms with van der Waals surface area (Å²) in [5.74, 6) is -0.0800. The number of nitrogens with one attached hydrogen (secondary N) is 3. The van der Waals surface area contributed by atoms with E-state index in [-0.39, 0.29) is 41.0 Å². The average Bonchev–Trinajstić information content (AvgIpc) is 3.98.